The molecule has 1 aliphatic heterocycles. The molecule has 2 N–H and O–H groups in total. The minimum Gasteiger partial charge on any atom is -0.351 e. The first-order valence-electron chi connectivity index (χ1n) is 6.40. The molecule has 0 amide bonds. The van der Waals surface area contributed by atoms with Crippen LogP contribution in [0.4, 0.5) is 5.82 Å². The van der Waals surface area contributed by atoms with Gasteiger partial charge in [0.15, 0.2) is 0 Å². The van der Waals surface area contributed by atoms with Gasteiger partial charge in [-0.05, 0) is 32.6 Å². The third-order valence-electron chi connectivity index (χ3n) is 3.83. The number of aromatic nitrogens is 2. The van der Waals surface area contributed by atoms with Gasteiger partial charge < -0.3 is 10.6 Å². The second kappa shape index (κ2) is 5.00. The number of piperidine rings is 1. The number of hydrogen-bond acceptors (Lipinski definition) is 4. The van der Waals surface area contributed by atoms with E-state index in [9.17, 15) is 0 Å². The van der Waals surface area contributed by atoms with E-state index in [1.54, 1.807) is 0 Å². The maximum atomic E-state index is 5.90. The summed E-state index contributed by atoms with van der Waals surface area (Å²) >= 11 is 0. The predicted molar refractivity (Wildman–Crippen MR) is 70.1 cm³/mol. The Morgan fingerprint density at radius 2 is 2.18 bits per heavy atom. The molecule has 2 heterocycles. The van der Waals surface area contributed by atoms with Crippen LogP contribution in [0, 0.1) is 19.8 Å². The Morgan fingerprint density at radius 3 is 2.82 bits per heavy atom. The molecule has 1 saturated heterocycles. The van der Waals surface area contributed by atoms with Crippen molar-refractivity contribution in [2.75, 3.05) is 18.0 Å². The summed E-state index contributed by atoms with van der Waals surface area (Å²) in [6.45, 7) is 8.01. The average molecular weight is 234 g/mol. The van der Waals surface area contributed by atoms with E-state index in [2.05, 4.69) is 21.8 Å². The standard InChI is InChI=1S/C13H22N4/c1-9-5-4-6-17(12(9)7-14)13-8-15-10(2)11(3)16-13/h8-9,12H,4-7,14H2,1-3H3. The lowest BCUT2D eigenvalue weighted by atomic mass is 9.91. The van der Waals surface area contributed by atoms with Crippen molar-refractivity contribution in [2.45, 2.75) is 39.7 Å². The van der Waals surface area contributed by atoms with Crippen molar-refractivity contribution < 1.29 is 0 Å². The smallest absolute Gasteiger partial charge is 0.147 e. The van der Waals surface area contributed by atoms with Gasteiger partial charge >= 0.3 is 0 Å². The summed E-state index contributed by atoms with van der Waals surface area (Å²) in [6, 6.07) is 0.403. The summed E-state index contributed by atoms with van der Waals surface area (Å²) in [7, 11) is 0. The second-order valence-electron chi connectivity index (χ2n) is 5.01. The first-order valence-corrected chi connectivity index (χ1v) is 6.40. The molecule has 0 saturated carbocycles. The Morgan fingerprint density at radius 1 is 1.41 bits per heavy atom. The topological polar surface area (TPSA) is 55.0 Å². The molecule has 4 nitrogen and oxygen atoms in total. The van der Waals surface area contributed by atoms with E-state index in [1.807, 2.05) is 20.0 Å². The maximum Gasteiger partial charge on any atom is 0.147 e. The first kappa shape index (κ1) is 12.3. The number of nitrogens with zero attached hydrogens (tertiary/aromatic N) is 3. The molecule has 1 aromatic heterocycles. The lowest BCUT2D eigenvalue weighted by Crippen LogP contribution is -2.49. The van der Waals surface area contributed by atoms with Gasteiger partial charge in [-0.2, -0.15) is 0 Å². The van der Waals surface area contributed by atoms with Crippen LogP contribution in [-0.4, -0.2) is 29.1 Å². The molecule has 4 heteroatoms. The highest BCUT2D eigenvalue weighted by Gasteiger charge is 2.28. The number of aryl methyl sites for hydroxylation is 2. The first-order chi connectivity index (χ1) is 8.13. The SMILES string of the molecule is Cc1ncc(N2CCCC(C)C2CN)nc1C. The van der Waals surface area contributed by atoms with E-state index in [0.717, 1.165) is 23.8 Å². The number of rotatable bonds is 2. The van der Waals surface area contributed by atoms with Crippen LogP contribution in [0.25, 0.3) is 0 Å². The zero-order valence-corrected chi connectivity index (χ0v) is 11.0. The lowest BCUT2D eigenvalue weighted by Gasteiger charge is -2.40. The minimum absolute atomic E-state index is 0.403. The highest BCUT2D eigenvalue weighted by atomic mass is 15.2. The molecule has 0 bridgehead atoms. The molecule has 1 aromatic rings. The van der Waals surface area contributed by atoms with Crippen LogP contribution in [0.5, 0.6) is 0 Å². The van der Waals surface area contributed by atoms with Gasteiger partial charge in [0.25, 0.3) is 0 Å². The van der Waals surface area contributed by atoms with Crippen molar-refractivity contribution in [2.24, 2.45) is 11.7 Å². The van der Waals surface area contributed by atoms with Gasteiger partial charge in [-0.15, -0.1) is 0 Å². The fraction of sp³-hybridized carbons (Fsp3) is 0.692. The summed E-state index contributed by atoms with van der Waals surface area (Å²) in [6.07, 6.45) is 4.35. The van der Waals surface area contributed by atoms with Crippen LogP contribution in [0.2, 0.25) is 0 Å². The molecule has 0 radical (unpaired) electrons. The van der Waals surface area contributed by atoms with Gasteiger partial charge in [0, 0.05) is 19.1 Å². The van der Waals surface area contributed by atoms with Crippen molar-refractivity contribution in [1.82, 2.24) is 9.97 Å². The van der Waals surface area contributed by atoms with Crippen LogP contribution < -0.4 is 10.6 Å². The Labute approximate surface area is 103 Å². The normalized spacial score (nSPS) is 25.1. The lowest BCUT2D eigenvalue weighted by molar-refractivity contribution is 0.347. The van der Waals surface area contributed by atoms with E-state index < -0.39 is 0 Å². The molecular formula is C13H22N4. The number of anilines is 1. The third kappa shape index (κ3) is 2.41. The van der Waals surface area contributed by atoms with Gasteiger partial charge in [-0.25, -0.2) is 4.98 Å². The summed E-state index contributed by atoms with van der Waals surface area (Å²) in [5.74, 6) is 1.62. The van der Waals surface area contributed by atoms with Gasteiger partial charge in [0.1, 0.15) is 5.82 Å². The molecule has 2 rings (SSSR count). The van der Waals surface area contributed by atoms with Crippen LogP contribution >= 0.6 is 0 Å². The van der Waals surface area contributed by atoms with Crippen molar-refractivity contribution in [1.29, 1.82) is 0 Å². The van der Waals surface area contributed by atoms with Crippen molar-refractivity contribution in [3.8, 4) is 0 Å². The maximum absolute atomic E-state index is 5.90. The van der Waals surface area contributed by atoms with Crippen molar-refractivity contribution >= 4 is 5.82 Å². The Kier molecular flexibility index (Phi) is 3.62. The largest absolute Gasteiger partial charge is 0.351 e. The second-order valence-corrected chi connectivity index (χ2v) is 5.01. The molecule has 17 heavy (non-hydrogen) atoms. The minimum atomic E-state index is 0.403. The number of nitrogens with two attached hydrogens (primary N) is 1. The molecule has 0 aliphatic carbocycles. The molecule has 0 spiro atoms. The van der Waals surface area contributed by atoms with Gasteiger partial charge in [-0.1, -0.05) is 6.92 Å². The van der Waals surface area contributed by atoms with E-state index in [1.165, 1.54) is 12.8 Å². The zero-order valence-electron chi connectivity index (χ0n) is 11.0. The summed E-state index contributed by atoms with van der Waals surface area (Å²) in [4.78, 5) is 11.4. The van der Waals surface area contributed by atoms with E-state index >= 15 is 0 Å². The molecule has 94 valence electrons. The highest BCUT2D eigenvalue weighted by molar-refractivity contribution is 5.40. The van der Waals surface area contributed by atoms with Crippen LogP contribution in [-0.2, 0) is 0 Å². The fourth-order valence-corrected chi connectivity index (χ4v) is 2.56. The summed E-state index contributed by atoms with van der Waals surface area (Å²) < 4.78 is 0. The molecule has 2 unspecified atom stereocenters. The number of hydrogen-bond donors (Lipinski definition) is 1. The van der Waals surface area contributed by atoms with Crippen LogP contribution in [0.3, 0.4) is 0 Å². The Balaban J connectivity index is 2.27. The molecular weight excluding hydrogens is 212 g/mol. The van der Waals surface area contributed by atoms with Crippen LogP contribution in [0.15, 0.2) is 6.20 Å². The monoisotopic (exact) mass is 234 g/mol. The quantitative estimate of drug-likeness (QED) is 0.845. The summed E-state index contributed by atoms with van der Waals surface area (Å²) in [5, 5.41) is 0. The van der Waals surface area contributed by atoms with Gasteiger partial charge in [0.2, 0.25) is 0 Å². The third-order valence-corrected chi connectivity index (χ3v) is 3.83. The van der Waals surface area contributed by atoms with E-state index in [0.29, 0.717) is 18.5 Å². The Hall–Kier alpha value is -1.16. The van der Waals surface area contributed by atoms with Gasteiger partial charge in [0.05, 0.1) is 17.6 Å². The molecule has 1 fully saturated rings. The molecule has 0 aromatic carbocycles. The van der Waals surface area contributed by atoms with Crippen LogP contribution in [0.1, 0.15) is 31.2 Å². The fourth-order valence-electron chi connectivity index (χ4n) is 2.56. The highest BCUT2D eigenvalue weighted by Crippen LogP contribution is 2.26. The van der Waals surface area contributed by atoms with E-state index in [4.69, 9.17) is 5.73 Å². The summed E-state index contributed by atoms with van der Waals surface area (Å²) in [5.41, 5.74) is 7.91. The van der Waals surface area contributed by atoms with E-state index in [-0.39, 0.29) is 0 Å². The predicted octanol–water partition coefficient (Wildman–Crippen LogP) is 1.66. The van der Waals surface area contributed by atoms with Crippen molar-refractivity contribution in [3.05, 3.63) is 17.6 Å². The average Bonchev–Trinajstić information content (AvgIpc) is 2.32. The van der Waals surface area contributed by atoms with Gasteiger partial charge in [-0.3, -0.25) is 4.98 Å². The zero-order chi connectivity index (χ0) is 12.4. The molecule has 2 atom stereocenters. The molecule has 1 aliphatic rings. The van der Waals surface area contributed by atoms with Crippen molar-refractivity contribution in [3.63, 3.8) is 0 Å². The Bertz CT molecular complexity index is 391.